The van der Waals surface area contributed by atoms with Gasteiger partial charge in [0.15, 0.2) is 0 Å². The van der Waals surface area contributed by atoms with Gasteiger partial charge >= 0.3 is 11.9 Å². The van der Waals surface area contributed by atoms with Crippen molar-refractivity contribution in [3.05, 3.63) is 51.4 Å². The van der Waals surface area contributed by atoms with Gasteiger partial charge in [0.2, 0.25) is 0 Å². The first-order valence-corrected chi connectivity index (χ1v) is 5.29. The van der Waals surface area contributed by atoms with Gasteiger partial charge in [-0.25, -0.2) is 14.3 Å². The molecule has 2 rings (SSSR count). The van der Waals surface area contributed by atoms with Gasteiger partial charge in [0.1, 0.15) is 0 Å². The highest BCUT2D eigenvalue weighted by molar-refractivity contribution is 5.94. The van der Waals surface area contributed by atoms with E-state index in [-0.39, 0.29) is 16.8 Å². The molecule has 98 valence electrons. The molecule has 19 heavy (non-hydrogen) atoms. The third-order valence-corrected chi connectivity index (χ3v) is 2.52. The molecule has 0 aliphatic rings. The number of hydrogen-bond acceptors (Lipinski definition) is 3. The highest BCUT2D eigenvalue weighted by Gasteiger charge is 2.13. The van der Waals surface area contributed by atoms with Gasteiger partial charge in [0.05, 0.1) is 16.8 Å². The molecule has 0 fully saturated rings. The van der Waals surface area contributed by atoms with E-state index in [1.165, 1.54) is 18.2 Å². The molecular weight excluding hydrogens is 252 g/mol. The second kappa shape index (κ2) is 4.45. The molecule has 0 aliphatic heterocycles. The lowest BCUT2D eigenvalue weighted by atomic mass is 10.1. The molecule has 0 saturated heterocycles. The van der Waals surface area contributed by atoms with Gasteiger partial charge in [-0.2, -0.15) is 0 Å². The summed E-state index contributed by atoms with van der Waals surface area (Å²) in [7, 11) is 0. The van der Waals surface area contributed by atoms with Crippen LogP contribution in [-0.4, -0.2) is 31.9 Å². The molecule has 0 bridgehead atoms. The number of carboxylic acids is 2. The van der Waals surface area contributed by atoms with Gasteiger partial charge in [0.25, 0.3) is 5.56 Å². The number of nitrogens with zero attached hydrogens (tertiary/aromatic N) is 1. The summed E-state index contributed by atoms with van der Waals surface area (Å²) in [6.45, 7) is 1.66. The van der Waals surface area contributed by atoms with Gasteiger partial charge in [-0.1, -0.05) is 0 Å². The summed E-state index contributed by atoms with van der Waals surface area (Å²) in [6, 6.07) is 4.82. The van der Waals surface area contributed by atoms with E-state index in [9.17, 15) is 14.4 Å². The van der Waals surface area contributed by atoms with Crippen molar-refractivity contribution in [2.45, 2.75) is 6.92 Å². The number of H-pyrrole nitrogens is 1. The summed E-state index contributed by atoms with van der Waals surface area (Å²) in [5.74, 6) is -2.53. The zero-order valence-corrected chi connectivity index (χ0v) is 9.88. The lowest BCUT2D eigenvalue weighted by molar-refractivity contribution is 0.0696. The Bertz CT molecular complexity index is 694. The average Bonchev–Trinajstić information content (AvgIpc) is 2.67. The van der Waals surface area contributed by atoms with Crippen LogP contribution in [-0.2, 0) is 0 Å². The van der Waals surface area contributed by atoms with E-state index in [1.54, 1.807) is 6.92 Å². The van der Waals surface area contributed by atoms with Crippen molar-refractivity contribution in [1.82, 2.24) is 9.78 Å². The van der Waals surface area contributed by atoms with Gasteiger partial charge in [-0.3, -0.25) is 9.89 Å². The normalized spacial score (nSPS) is 10.4. The smallest absolute Gasteiger partial charge is 0.335 e. The first kappa shape index (κ1) is 12.6. The minimum atomic E-state index is -1.26. The van der Waals surface area contributed by atoms with Gasteiger partial charge in [0, 0.05) is 11.8 Å². The van der Waals surface area contributed by atoms with Crippen molar-refractivity contribution in [2.24, 2.45) is 0 Å². The summed E-state index contributed by atoms with van der Waals surface area (Å²) in [5, 5.41) is 20.6. The van der Waals surface area contributed by atoms with Gasteiger partial charge < -0.3 is 10.2 Å². The molecule has 0 atom stereocenters. The molecule has 3 N–H and O–H groups in total. The number of aryl methyl sites for hydroxylation is 1. The highest BCUT2D eigenvalue weighted by Crippen LogP contribution is 2.13. The Hall–Kier alpha value is -2.83. The number of benzene rings is 1. The Kier molecular flexibility index (Phi) is 2.95. The second-order valence-corrected chi connectivity index (χ2v) is 3.99. The molecular formula is C12H10N2O5. The maximum atomic E-state index is 11.6. The number of nitrogens with one attached hydrogen (secondary N) is 1. The Morgan fingerprint density at radius 2 is 1.58 bits per heavy atom. The van der Waals surface area contributed by atoms with E-state index < -0.39 is 17.5 Å². The standard InChI is InChI=1S/C12H10N2O5/c1-6-2-10(15)14(13-6)9-4-7(11(16)17)3-8(5-9)12(18)19/h2-5,13H,1H3,(H,16,17)(H,18,19). The van der Waals surface area contributed by atoms with Crippen molar-refractivity contribution in [2.75, 3.05) is 0 Å². The molecule has 7 heteroatoms. The first-order valence-electron chi connectivity index (χ1n) is 5.29. The fourth-order valence-corrected chi connectivity index (χ4v) is 1.69. The predicted octanol–water partition coefficient (Wildman–Crippen LogP) is 0.870. The zero-order valence-electron chi connectivity index (χ0n) is 9.88. The van der Waals surface area contributed by atoms with Crippen molar-refractivity contribution < 1.29 is 19.8 Å². The number of carboxylic acid groups (broad SMARTS) is 2. The van der Waals surface area contributed by atoms with Gasteiger partial charge in [-0.15, -0.1) is 0 Å². The molecule has 2 aromatic rings. The van der Waals surface area contributed by atoms with Crippen LogP contribution in [0.5, 0.6) is 0 Å². The van der Waals surface area contributed by atoms with Crippen molar-refractivity contribution in [3.8, 4) is 5.69 Å². The minimum Gasteiger partial charge on any atom is -0.478 e. The number of aromatic carboxylic acids is 2. The van der Waals surface area contributed by atoms with Crippen LogP contribution >= 0.6 is 0 Å². The fourth-order valence-electron chi connectivity index (χ4n) is 1.69. The second-order valence-electron chi connectivity index (χ2n) is 3.99. The van der Waals surface area contributed by atoms with Crippen molar-refractivity contribution in [3.63, 3.8) is 0 Å². The molecule has 0 aliphatic carbocycles. The monoisotopic (exact) mass is 262 g/mol. The largest absolute Gasteiger partial charge is 0.478 e. The first-order chi connectivity index (χ1) is 8.88. The van der Waals surface area contributed by atoms with Crippen LogP contribution in [0.15, 0.2) is 29.1 Å². The van der Waals surface area contributed by atoms with Crippen LogP contribution < -0.4 is 5.56 Å². The number of aromatic amines is 1. The number of hydrogen-bond donors (Lipinski definition) is 3. The summed E-state index contributed by atoms with van der Waals surface area (Å²) in [5.41, 5.74) is -0.0440. The molecule has 7 nitrogen and oxygen atoms in total. The molecule has 0 unspecified atom stereocenters. The van der Waals surface area contributed by atoms with E-state index in [2.05, 4.69) is 5.10 Å². The zero-order chi connectivity index (χ0) is 14.2. The molecule has 0 amide bonds. The van der Waals surface area contributed by atoms with Crippen LogP contribution in [0.3, 0.4) is 0 Å². The lowest BCUT2D eigenvalue weighted by Crippen LogP contribution is -2.15. The maximum Gasteiger partial charge on any atom is 0.335 e. The van der Waals surface area contributed by atoms with Crippen LogP contribution in [0.1, 0.15) is 26.4 Å². The van der Waals surface area contributed by atoms with E-state index in [4.69, 9.17) is 10.2 Å². The third-order valence-electron chi connectivity index (χ3n) is 2.52. The summed E-state index contributed by atoms with van der Waals surface area (Å²) >= 11 is 0. The van der Waals surface area contributed by atoms with E-state index in [0.29, 0.717) is 5.69 Å². The molecule has 0 saturated carbocycles. The molecule has 1 aromatic carbocycles. The Labute approximate surface area is 106 Å². The average molecular weight is 262 g/mol. The van der Waals surface area contributed by atoms with Crippen LogP contribution in [0.25, 0.3) is 5.69 Å². The Morgan fingerprint density at radius 1 is 1.05 bits per heavy atom. The Morgan fingerprint density at radius 3 is 1.95 bits per heavy atom. The molecule has 1 heterocycles. The fraction of sp³-hybridized carbons (Fsp3) is 0.0833. The SMILES string of the molecule is Cc1cc(=O)n(-c2cc(C(=O)O)cc(C(=O)O)c2)[nH]1. The topological polar surface area (TPSA) is 112 Å². The molecule has 0 spiro atoms. The third kappa shape index (κ3) is 2.39. The maximum absolute atomic E-state index is 11.6. The van der Waals surface area contributed by atoms with Crippen LogP contribution in [0, 0.1) is 6.92 Å². The van der Waals surface area contributed by atoms with Crippen LogP contribution in [0.4, 0.5) is 0 Å². The van der Waals surface area contributed by atoms with E-state index in [1.807, 2.05) is 0 Å². The minimum absolute atomic E-state index is 0.162. The predicted molar refractivity (Wildman–Crippen MR) is 65.0 cm³/mol. The summed E-state index contributed by atoms with van der Waals surface area (Å²) in [4.78, 5) is 33.6. The molecule has 1 aromatic heterocycles. The highest BCUT2D eigenvalue weighted by atomic mass is 16.4. The molecule has 0 radical (unpaired) electrons. The summed E-state index contributed by atoms with van der Waals surface area (Å²) in [6.07, 6.45) is 0. The van der Waals surface area contributed by atoms with Crippen molar-refractivity contribution >= 4 is 11.9 Å². The number of carbonyl (C=O) groups is 2. The number of rotatable bonds is 3. The van der Waals surface area contributed by atoms with Gasteiger partial charge in [-0.05, 0) is 25.1 Å². The lowest BCUT2D eigenvalue weighted by Gasteiger charge is -2.05. The Balaban J connectivity index is 2.69. The van der Waals surface area contributed by atoms with E-state index >= 15 is 0 Å². The summed E-state index contributed by atoms with van der Waals surface area (Å²) < 4.78 is 1.09. The van der Waals surface area contributed by atoms with Crippen LogP contribution in [0.2, 0.25) is 0 Å². The van der Waals surface area contributed by atoms with E-state index in [0.717, 1.165) is 10.7 Å². The quantitative estimate of drug-likeness (QED) is 0.759. The van der Waals surface area contributed by atoms with Crippen molar-refractivity contribution in [1.29, 1.82) is 0 Å². The number of aromatic nitrogens is 2.